The molecule has 0 aliphatic carbocycles. The van der Waals surface area contributed by atoms with Crippen LogP contribution in [-0.2, 0) is 9.59 Å². The number of carbonyl (C=O) groups excluding carboxylic acids is 1. The van der Waals surface area contributed by atoms with E-state index in [0.717, 1.165) is 0 Å². The molecule has 2 rings (SSSR count). The number of anilines is 1. The Labute approximate surface area is 120 Å². The largest absolute Gasteiger partial charge is 0.482 e. The maximum Gasteiger partial charge on any atom is 0.341 e. The maximum atomic E-state index is 12.1. The number of carboxylic acids is 1. The van der Waals surface area contributed by atoms with Gasteiger partial charge in [-0.3, -0.25) is 4.79 Å². The van der Waals surface area contributed by atoms with Gasteiger partial charge in [0.2, 0.25) is 5.91 Å². The van der Waals surface area contributed by atoms with E-state index in [1.807, 2.05) is 0 Å². The van der Waals surface area contributed by atoms with Crippen LogP contribution in [0.3, 0.4) is 0 Å². The molecule has 0 radical (unpaired) electrons. The van der Waals surface area contributed by atoms with E-state index in [9.17, 15) is 9.59 Å². The zero-order valence-corrected chi connectivity index (χ0v) is 11.3. The number of hydrogen-bond acceptors (Lipinski definition) is 5. The van der Waals surface area contributed by atoms with Crippen LogP contribution < -0.4 is 10.1 Å². The molecule has 110 valence electrons. The van der Waals surface area contributed by atoms with E-state index in [4.69, 9.17) is 9.84 Å². The second-order valence-corrected chi connectivity index (χ2v) is 4.25. The molecule has 2 N–H and O–H groups in total. The average molecular weight is 290 g/mol. The van der Waals surface area contributed by atoms with Crippen LogP contribution in [0.1, 0.15) is 13.0 Å². The summed E-state index contributed by atoms with van der Waals surface area (Å²) in [6.07, 6.45) is 2.81. The van der Waals surface area contributed by atoms with Crippen molar-refractivity contribution in [2.24, 2.45) is 0 Å². The number of amides is 1. The highest BCUT2D eigenvalue weighted by Gasteiger charge is 2.15. The van der Waals surface area contributed by atoms with Gasteiger partial charge in [0.25, 0.3) is 0 Å². The summed E-state index contributed by atoms with van der Waals surface area (Å²) in [6, 6.07) is 5.98. The molecule has 0 fully saturated rings. The summed E-state index contributed by atoms with van der Waals surface area (Å²) >= 11 is 0. The molecule has 2 aromatic rings. The number of benzene rings is 1. The van der Waals surface area contributed by atoms with Gasteiger partial charge >= 0.3 is 5.97 Å². The first-order chi connectivity index (χ1) is 10.1. The Morgan fingerprint density at radius 1 is 1.48 bits per heavy atom. The highest BCUT2D eigenvalue weighted by atomic mass is 16.5. The van der Waals surface area contributed by atoms with Gasteiger partial charge in [-0.15, -0.1) is 0 Å². The van der Waals surface area contributed by atoms with Gasteiger partial charge in [-0.25, -0.2) is 14.5 Å². The van der Waals surface area contributed by atoms with Crippen molar-refractivity contribution in [1.82, 2.24) is 14.8 Å². The van der Waals surface area contributed by atoms with Crippen molar-refractivity contribution < 1.29 is 19.4 Å². The fraction of sp³-hybridized carbons (Fsp3) is 0.231. The fourth-order valence-corrected chi connectivity index (χ4v) is 1.59. The number of hydrogen-bond donors (Lipinski definition) is 2. The number of carboxylic acid groups (broad SMARTS) is 1. The fourth-order valence-electron chi connectivity index (χ4n) is 1.59. The number of ether oxygens (including phenoxy) is 1. The number of aromatic nitrogens is 3. The van der Waals surface area contributed by atoms with Crippen LogP contribution in [0.4, 0.5) is 5.69 Å². The van der Waals surface area contributed by atoms with Gasteiger partial charge in [-0.2, -0.15) is 5.10 Å². The molecule has 1 aromatic heterocycles. The minimum absolute atomic E-state index is 0.268. The second-order valence-electron chi connectivity index (χ2n) is 4.25. The van der Waals surface area contributed by atoms with Crippen molar-refractivity contribution in [2.75, 3.05) is 11.9 Å². The van der Waals surface area contributed by atoms with Crippen molar-refractivity contribution in [3.8, 4) is 5.75 Å². The lowest BCUT2D eigenvalue weighted by Gasteiger charge is -2.12. The van der Waals surface area contributed by atoms with Crippen molar-refractivity contribution in [2.45, 2.75) is 13.0 Å². The number of carbonyl (C=O) groups is 2. The lowest BCUT2D eigenvalue weighted by Crippen LogP contribution is -2.24. The zero-order valence-electron chi connectivity index (χ0n) is 11.3. The molecular weight excluding hydrogens is 276 g/mol. The molecule has 1 amide bonds. The third-order valence-corrected chi connectivity index (χ3v) is 2.68. The van der Waals surface area contributed by atoms with Gasteiger partial charge in [0.15, 0.2) is 6.61 Å². The van der Waals surface area contributed by atoms with Gasteiger partial charge in [-0.1, -0.05) is 6.07 Å². The zero-order chi connectivity index (χ0) is 15.2. The van der Waals surface area contributed by atoms with Crippen LogP contribution >= 0.6 is 0 Å². The molecule has 1 aromatic carbocycles. The van der Waals surface area contributed by atoms with Crippen LogP contribution in [0.5, 0.6) is 5.75 Å². The monoisotopic (exact) mass is 290 g/mol. The van der Waals surface area contributed by atoms with Gasteiger partial charge in [0.1, 0.15) is 24.4 Å². The van der Waals surface area contributed by atoms with E-state index < -0.39 is 18.6 Å². The molecule has 1 heterocycles. The molecule has 0 aliphatic heterocycles. The predicted octanol–water partition coefficient (Wildman–Crippen LogP) is 0.941. The second kappa shape index (κ2) is 6.51. The molecule has 0 saturated heterocycles. The summed E-state index contributed by atoms with van der Waals surface area (Å²) in [6.45, 7) is 1.25. The van der Waals surface area contributed by atoms with Crippen LogP contribution in [0.25, 0.3) is 0 Å². The molecule has 0 aliphatic rings. The highest BCUT2D eigenvalue weighted by Crippen LogP contribution is 2.18. The molecule has 1 atom stereocenters. The van der Waals surface area contributed by atoms with Gasteiger partial charge in [-0.05, 0) is 19.1 Å². The van der Waals surface area contributed by atoms with E-state index >= 15 is 0 Å². The Morgan fingerprint density at radius 3 is 2.95 bits per heavy atom. The molecular formula is C13H14N4O4. The molecule has 8 nitrogen and oxygen atoms in total. The Morgan fingerprint density at radius 2 is 2.29 bits per heavy atom. The summed E-state index contributed by atoms with van der Waals surface area (Å²) in [4.78, 5) is 26.3. The average Bonchev–Trinajstić information content (AvgIpc) is 2.98. The Balaban J connectivity index is 2.00. The van der Waals surface area contributed by atoms with E-state index in [1.54, 1.807) is 31.2 Å². The third-order valence-electron chi connectivity index (χ3n) is 2.68. The van der Waals surface area contributed by atoms with E-state index in [2.05, 4.69) is 15.4 Å². The SMILES string of the molecule is CC(C(=O)Nc1cccc(OCC(=O)O)c1)n1cncn1. The number of rotatable bonds is 6. The van der Waals surface area contributed by atoms with Crippen LogP contribution in [0, 0.1) is 0 Å². The van der Waals surface area contributed by atoms with Gasteiger partial charge < -0.3 is 15.2 Å². The minimum atomic E-state index is -1.07. The Bertz CT molecular complexity index is 627. The first-order valence-electron chi connectivity index (χ1n) is 6.16. The summed E-state index contributed by atoms with van der Waals surface area (Å²) in [7, 11) is 0. The molecule has 0 spiro atoms. The Hall–Kier alpha value is -2.90. The van der Waals surface area contributed by atoms with E-state index in [-0.39, 0.29) is 5.91 Å². The van der Waals surface area contributed by atoms with Gasteiger partial charge in [0, 0.05) is 11.8 Å². The highest BCUT2D eigenvalue weighted by molar-refractivity contribution is 5.93. The number of aliphatic carboxylic acids is 1. The smallest absolute Gasteiger partial charge is 0.341 e. The first-order valence-corrected chi connectivity index (χ1v) is 6.16. The minimum Gasteiger partial charge on any atom is -0.482 e. The molecule has 0 bridgehead atoms. The molecule has 0 saturated carbocycles. The molecule has 21 heavy (non-hydrogen) atoms. The summed E-state index contributed by atoms with van der Waals surface area (Å²) in [5.74, 6) is -0.969. The number of nitrogens with zero attached hydrogens (tertiary/aromatic N) is 3. The predicted molar refractivity (Wildman–Crippen MR) is 72.9 cm³/mol. The molecule has 1 unspecified atom stereocenters. The lowest BCUT2D eigenvalue weighted by atomic mass is 10.2. The third kappa shape index (κ3) is 4.03. The number of nitrogens with one attached hydrogen (secondary N) is 1. The summed E-state index contributed by atoms with van der Waals surface area (Å²) in [5, 5.41) is 15.2. The van der Waals surface area contributed by atoms with Crippen LogP contribution in [-0.4, -0.2) is 38.4 Å². The first kappa shape index (κ1) is 14.5. The normalized spacial score (nSPS) is 11.7. The molecule has 8 heteroatoms. The Kier molecular flexibility index (Phi) is 4.50. The van der Waals surface area contributed by atoms with E-state index in [1.165, 1.54) is 17.3 Å². The van der Waals surface area contributed by atoms with Crippen LogP contribution in [0.15, 0.2) is 36.9 Å². The summed E-state index contributed by atoms with van der Waals surface area (Å²) < 4.78 is 6.47. The van der Waals surface area contributed by atoms with Crippen LogP contribution in [0.2, 0.25) is 0 Å². The standard InChI is InChI=1S/C13H14N4O4/c1-9(17-8-14-7-15-17)13(20)16-10-3-2-4-11(5-10)21-6-12(18)19/h2-5,7-9H,6H2,1H3,(H,16,20)(H,18,19). The van der Waals surface area contributed by atoms with Gasteiger partial charge in [0.05, 0.1) is 0 Å². The van der Waals surface area contributed by atoms with Crippen molar-refractivity contribution in [1.29, 1.82) is 0 Å². The topological polar surface area (TPSA) is 106 Å². The van der Waals surface area contributed by atoms with Crippen molar-refractivity contribution >= 4 is 17.6 Å². The van der Waals surface area contributed by atoms with Crippen molar-refractivity contribution in [3.05, 3.63) is 36.9 Å². The summed E-state index contributed by atoms with van der Waals surface area (Å²) in [5.41, 5.74) is 0.509. The maximum absolute atomic E-state index is 12.1. The van der Waals surface area contributed by atoms with Crippen molar-refractivity contribution in [3.63, 3.8) is 0 Å². The lowest BCUT2D eigenvalue weighted by molar-refractivity contribution is -0.139. The quantitative estimate of drug-likeness (QED) is 0.820. The van der Waals surface area contributed by atoms with E-state index in [0.29, 0.717) is 11.4 Å².